The molecule has 0 saturated carbocycles. The van der Waals surface area contributed by atoms with E-state index in [1.54, 1.807) is 0 Å². The summed E-state index contributed by atoms with van der Waals surface area (Å²) in [6.45, 7) is 7.65. The van der Waals surface area contributed by atoms with E-state index < -0.39 is 9.84 Å². The third-order valence-electron chi connectivity index (χ3n) is 4.85. The first-order valence-corrected chi connectivity index (χ1v) is 11.8. The number of nitrogens with zero attached hydrogens (tertiary/aromatic N) is 2. The number of nitrogens with one attached hydrogen (secondary N) is 2. The van der Waals surface area contributed by atoms with Crippen LogP contribution in [-0.4, -0.2) is 42.3 Å². The number of sulfone groups is 1. The smallest absolute Gasteiger partial charge is 0.209 e. The van der Waals surface area contributed by atoms with Crippen LogP contribution in [0.1, 0.15) is 24.5 Å². The van der Waals surface area contributed by atoms with Crippen molar-refractivity contribution >= 4 is 44.2 Å². The summed E-state index contributed by atoms with van der Waals surface area (Å²) >= 11 is 6.92. The van der Waals surface area contributed by atoms with Gasteiger partial charge < -0.3 is 10.2 Å². The third-order valence-corrected chi connectivity index (χ3v) is 7.84. The van der Waals surface area contributed by atoms with E-state index in [1.807, 2.05) is 10.7 Å². The highest BCUT2D eigenvalue weighted by atomic mass is 32.2. The predicted octanol–water partition coefficient (Wildman–Crippen LogP) is 2.08. The molecule has 2 N–H and O–H groups in total. The normalized spacial score (nSPS) is 20.2. The van der Waals surface area contributed by atoms with Crippen LogP contribution in [0.25, 0.3) is 0 Å². The Kier molecular flexibility index (Phi) is 5.81. The summed E-state index contributed by atoms with van der Waals surface area (Å²) in [4.78, 5) is 1.21. The highest BCUT2D eigenvalue weighted by molar-refractivity contribution is 7.91. The van der Waals surface area contributed by atoms with Crippen LogP contribution >= 0.6 is 23.6 Å². The highest BCUT2D eigenvalue weighted by Gasteiger charge is 2.35. The van der Waals surface area contributed by atoms with Crippen molar-refractivity contribution in [2.75, 3.05) is 23.4 Å². The Balaban J connectivity index is 1.74. The summed E-state index contributed by atoms with van der Waals surface area (Å²) in [5, 5.41) is 8.72. The van der Waals surface area contributed by atoms with Crippen LogP contribution in [0, 0.1) is 17.8 Å². The fraction of sp³-hybridized carbons (Fsp3) is 0.529. The highest BCUT2D eigenvalue weighted by Crippen LogP contribution is 2.23. The van der Waals surface area contributed by atoms with Crippen molar-refractivity contribution in [1.82, 2.24) is 9.78 Å². The van der Waals surface area contributed by atoms with Gasteiger partial charge in [0.05, 0.1) is 12.3 Å². The molecular weight excluding hydrogens is 388 g/mol. The zero-order chi connectivity index (χ0) is 18.9. The minimum atomic E-state index is -2.88. The van der Waals surface area contributed by atoms with Crippen LogP contribution in [0.4, 0.5) is 10.8 Å². The second-order valence-electron chi connectivity index (χ2n) is 6.89. The minimum absolute atomic E-state index is 0.129. The van der Waals surface area contributed by atoms with Crippen LogP contribution in [0.5, 0.6) is 0 Å². The number of quaternary nitrogens is 1. The van der Waals surface area contributed by atoms with E-state index in [9.17, 15) is 8.42 Å². The molecule has 0 radical (unpaired) electrons. The molecule has 142 valence electrons. The summed E-state index contributed by atoms with van der Waals surface area (Å²) < 4.78 is 26.1. The van der Waals surface area contributed by atoms with Gasteiger partial charge >= 0.3 is 0 Å². The molecule has 1 unspecified atom stereocenters. The zero-order valence-corrected chi connectivity index (χ0v) is 17.7. The molecule has 1 fully saturated rings. The first kappa shape index (κ1) is 19.5. The Labute approximate surface area is 163 Å². The van der Waals surface area contributed by atoms with E-state index >= 15 is 0 Å². The van der Waals surface area contributed by atoms with Gasteiger partial charge in [-0.05, 0) is 44.6 Å². The molecule has 9 heteroatoms. The third kappa shape index (κ3) is 4.51. The Morgan fingerprint density at radius 2 is 2.19 bits per heavy atom. The Morgan fingerprint density at radius 1 is 1.42 bits per heavy atom. The van der Waals surface area contributed by atoms with Crippen molar-refractivity contribution < 1.29 is 13.3 Å². The number of aryl methyl sites for hydroxylation is 2. The van der Waals surface area contributed by atoms with E-state index in [0.717, 1.165) is 29.3 Å². The number of anilines is 2. The Hall–Kier alpha value is -1.29. The molecule has 1 aliphatic heterocycles. The molecule has 26 heavy (non-hydrogen) atoms. The molecule has 0 bridgehead atoms. The molecular formula is C17H25N4O2S3+. The molecule has 2 atom stereocenters. The van der Waals surface area contributed by atoms with Gasteiger partial charge in [-0.25, -0.2) is 8.42 Å². The second-order valence-corrected chi connectivity index (χ2v) is 10.7. The monoisotopic (exact) mass is 413 g/mol. The van der Waals surface area contributed by atoms with Gasteiger partial charge in [-0.2, -0.15) is 4.68 Å². The largest absolute Gasteiger partial charge is 0.330 e. The minimum Gasteiger partial charge on any atom is -0.330 e. The molecule has 1 aliphatic rings. The number of rotatable bonds is 6. The van der Waals surface area contributed by atoms with Gasteiger partial charge in [0.15, 0.2) is 20.5 Å². The number of aromatic nitrogens is 2. The van der Waals surface area contributed by atoms with Gasteiger partial charge in [0.2, 0.25) is 5.13 Å². The van der Waals surface area contributed by atoms with Crippen LogP contribution in [0.3, 0.4) is 0 Å². The maximum absolute atomic E-state index is 11.8. The Morgan fingerprint density at radius 3 is 2.81 bits per heavy atom. The molecule has 3 rings (SSSR count). The maximum atomic E-state index is 11.8. The molecule has 0 spiro atoms. The molecule has 2 heterocycles. The fourth-order valence-corrected chi connectivity index (χ4v) is 6.21. The van der Waals surface area contributed by atoms with Crippen LogP contribution in [0.2, 0.25) is 0 Å². The summed E-state index contributed by atoms with van der Waals surface area (Å²) in [5.41, 5.74) is 3.41. The van der Waals surface area contributed by atoms with Gasteiger partial charge in [-0.1, -0.05) is 29.0 Å². The van der Waals surface area contributed by atoms with E-state index in [4.69, 9.17) is 12.2 Å². The van der Waals surface area contributed by atoms with E-state index in [2.05, 4.69) is 43.3 Å². The molecule has 1 aromatic heterocycles. The fourth-order valence-electron chi connectivity index (χ4n) is 3.36. The summed E-state index contributed by atoms with van der Waals surface area (Å²) in [5.74, 6) is 0.560. The van der Waals surface area contributed by atoms with Gasteiger partial charge in [-0.3, -0.25) is 0 Å². The first-order chi connectivity index (χ1) is 12.3. The van der Waals surface area contributed by atoms with E-state index in [1.165, 1.54) is 21.8 Å². The lowest BCUT2D eigenvalue weighted by atomic mass is 10.1. The lowest BCUT2D eigenvalue weighted by Gasteiger charge is -2.23. The molecule has 2 aromatic rings. The van der Waals surface area contributed by atoms with Crippen LogP contribution < -0.4 is 10.2 Å². The lowest BCUT2D eigenvalue weighted by Crippen LogP contribution is -3.15. The lowest BCUT2D eigenvalue weighted by molar-refractivity contribution is -0.943. The molecule has 1 aromatic carbocycles. The van der Waals surface area contributed by atoms with E-state index in [0.29, 0.717) is 16.4 Å². The number of hydrogen-bond donors (Lipinski definition) is 2. The number of hydrogen-bond acceptors (Lipinski definition) is 6. The van der Waals surface area contributed by atoms with Gasteiger partial charge in [0.1, 0.15) is 11.8 Å². The van der Waals surface area contributed by atoms with Crippen LogP contribution in [0.15, 0.2) is 18.2 Å². The van der Waals surface area contributed by atoms with Gasteiger partial charge in [-0.15, -0.1) is 5.10 Å². The average Bonchev–Trinajstić information content (AvgIpc) is 3.09. The predicted molar refractivity (Wildman–Crippen MR) is 109 cm³/mol. The molecule has 0 aliphatic carbocycles. The second kappa shape index (κ2) is 7.75. The summed E-state index contributed by atoms with van der Waals surface area (Å²) in [6, 6.07) is 6.37. The molecule has 1 saturated heterocycles. The summed E-state index contributed by atoms with van der Waals surface area (Å²) in [6.07, 6.45) is 0.719. The van der Waals surface area contributed by atoms with Crippen LogP contribution in [-0.2, 0) is 16.5 Å². The SMILES string of the molecule is CC[NH+](Cn1nc(Nc2ccc(C)cc2C)sc1=S)[C@@H]1CCS(=O)(=O)C1. The van der Waals surface area contributed by atoms with Crippen molar-refractivity contribution in [1.29, 1.82) is 0 Å². The molecule has 0 amide bonds. The van der Waals surface area contributed by atoms with Gasteiger partial charge in [0.25, 0.3) is 0 Å². The summed E-state index contributed by atoms with van der Waals surface area (Å²) in [7, 11) is -2.88. The topological polar surface area (TPSA) is 68.4 Å². The van der Waals surface area contributed by atoms with Gasteiger partial charge in [0, 0.05) is 12.1 Å². The average molecular weight is 414 g/mol. The standard InChI is InChI=1S/C17H24N4O2S3/c1-4-20(14-7-8-26(22,23)10-14)11-21-17(24)25-16(19-21)18-15-6-5-12(2)9-13(15)3/h5-6,9,14H,4,7-8,10-11H2,1-3H3,(H,18,19)/p+1/t14-/m1/s1. The van der Waals surface area contributed by atoms with Crippen molar-refractivity contribution in [3.05, 3.63) is 33.3 Å². The Bertz CT molecular complexity index is 949. The maximum Gasteiger partial charge on any atom is 0.209 e. The number of benzene rings is 1. The first-order valence-electron chi connectivity index (χ1n) is 8.74. The van der Waals surface area contributed by atoms with Crippen molar-refractivity contribution in [3.8, 4) is 0 Å². The molecule has 6 nitrogen and oxygen atoms in total. The van der Waals surface area contributed by atoms with Crippen molar-refractivity contribution in [2.24, 2.45) is 0 Å². The van der Waals surface area contributed by atoms with E-state index in [-0.39, 0.29) is 11.8 Å². The quantitative estimate of drug-likeness (QED) is 0.710. The van der Waals surface area contributed by atoms with Crippen molar-refractivity contribution in [3.63, 3.8) is 0 Å². The zero-order valence-electron chi connectivity index (χ0n) is 15.3. The van der Waals surface area contributed by atoms with Crippen molar-refractivity contribution in [2.45, 2.75) is 39.9 Å².